The summed E-state index contributed by atoms with van der Waals surface area (Å²) in [5.74, 6) is 1.51. The lowest BCUT2D eigenvalue weighted by atomic mass is 10.2. The molecule has 1 N–H and O–H groups in total. The molecule has 0 unspecified atom stereocenters. The third-order valence-electron chi connectivity index (χ3n) is 3.99. The summed E-state index contributed by atoms with van der Waals surface area (Å²) >= 11 is 2.22. The van der Waals surface area contributed by atoms with E-state index in [1.807, 2.05) is 55.5 Å². The lowest BCUT2D eigenvalue weighted by Crippen LogP contribution is -2.43. The monoisotopic (exact) mass is 452 g/mol. The fraction of sp³-hybridized carbons (Fsp3) is 0.316. The maximum atomic E-state index is 12.3. The molecule has 25 heavy (non-hydrogen) atoms. The van der Waals surface area contributed by atoms with E-state index in [4.69, 9.17) is 9.47 Å². The van der Waals surface area contributed by atoms with Gasteiger partial charge in [0.25, 0.3) is 0 Å². The number of amides is 1. The number of hydrogen-bond donors (Lipinski definition) is 1. The van der Waals surface area contributed by atoms with Crippen molar-refractivity contribution in [3.63, 3.8) is 0 Å². The van der Waals surface area contributed by atoms with Crippen molar-refractivity contribution in [2.75, 3.05) is 31.6 Å². The first-order valence-electron chi connectivity index (χ1n) is 8.31. The molecular weight excluding hydrogens is 431 g/mol. The van der Waals surface area contributed by atoms with E-state index in [2.05, 4.69) is 32.8 Å². The zero-order valence-corrected chi connectivity index (χ0v) is 16.2. The molecule has 5 nitrogen and oxygen atoms in total. The normalized spacial score (nSPS) is 15.9. The molecule has 1 aliphatic heterocycles. The third kappa shape index (κ3) is 4.85. The SMILES string of the molecule is CCN(CC(=O)Nc1ccccc1I)C[C@H]1COc2ccccc2O1. The molecule has 2 aromatic carbocycles. The molecule has 6 heteroatoms. The zero-order valence-electron chi connectivity index (χ0n) is 14.1. The summed E-state index contributed by atoms with van der Waals surface area (Å²) in [6, 6.07) is 15.4. The number of carbonyl (C=O) groups is 1. The number of nitrogens with one attached hydrogen (secondary N) is 1. The summed E-state index contributed by atoms with van der Waals surface area (Å²) in [4.78, 5) is 14.4. The third-order valence-corrected chi connectivity index (χ3v) is 4.93. The van der Waals surface area contributed by atoms with Gasteiger partial charge in [0, 0.05) is 10.1 Å². The smallest absolute Gasteiger partial charge is 0.238 e. The standard InChI is InChI=1S/C19H21IN2O3/c1-2-22(12-19(23)21-16-8-4-3-7-15(16)20)11-14-13-24-17-9-5-6-10-18(17)25-14/h3-10,14H,2,11-13H2,1H3,(H,21,23)/t14-/m0/s1. The molecule has 0 aliphatic carbocycles. The lowest BCUT2D eigenvalue weighted by molar-refractivity contribution is -0.117. The van der Waals surface area contributed by atoms with Gasteiger partial charge in [-0.15, -0.1) is 0 Å². The van der Waals surface area contributed by atoms with E-state index in [0.717, 1.165) is 27.3 Å². The number of benzene rings is 2. The van der Waals surface area contributed by atoms with Crippen LogP contribution in [0.3, 0.4) is 0 Å². The van der Waals surface area contributed by atoms with Crippen molar-refractivity contribution in [3.8, 4) is 11.5 Å². The Hall–Kier alpha value is -1.80. The minimum absolute atomic E-state index is 0.0249. The van der Waals surface area contributed by atoms with E-state index in [-0.39, 0.29) is 12.0 Å². The zero-order chi connectivity index (χ0) is 17.6. The highest BCUT2D eigenvalue weighted by molar-refractivity contribution is 14.1. The van der Waals surface area contributed by atoms with E-state index in [9.17, 15) is 4.79 Å². The lowest BCUT2D eigenvalue weighted by Gasteiger charge is -2.30. The number of carbonyl (C=O) groups excluding carboxylic acids is 1. The number of halogens is 1. The molecule has 0 saturated heterocycles. The molecule has 1 aliphatic rings. The van der Waals surface area contributed by atoms with Gasteiger partial charge in [-0.3, -0.25) is 9.69 Å². The molecule has 0 fully saturated rings. The Labute approximate surface area is 161 Å². The Morgan fingerprint density at radius 1 is 1.20 bits per heavy atom. The van der Waals surface area contributed by atoms with Crippen LogP contribution < -0.4 is 14.8 Å². The summed E-state index contributed by atoms with van der Waals surface area (Å²) in [6.07, 6.45) is -0.0838. The largest absolute Gasteiger partial charge is 0.486 e. The molecule has 1 heterocycles. The molecular formula is C19H21IN2O3. The van der Waals surface area contributed by atoms with Crippen molar-refractivity contribution < 1.29 is 14.3 Å². The van der Waals surface area contributed by atoms with E-state index in [1.54, 1.807) is 0 Å². The van der Waals surface area contributed by atoms with Crippen LogP contribution in [0.5, 0.6) is 11.5 Å². The van der Waals surface area contributed by atoms with Crippen LogP contribution in [-0.4, -0.2) is 43.2 Å². The number of hydrogen-bond acceptors (Lipinski definition) is 4. The van der Waals surface area contributed by atoms with Crippen molar-refractivity contribution in [3.05, 3.63) is 52.1 Å². The Morgan fingerprint density at radius 3 is 2.68 bits per heavy atom. The maximum Gasteiger partial charge on any atom is 0.238 e. The van der Waals surface area contributed by atoms with E-state index in [1.165, 1.54) is 0 Å². The average molecular weight is 452 g/mol. The molecule has 0 aromatic heterocycles. The summed E-state index contributed by atoms with van der Waals surface area (Å²) in [6.45, 7) is 4.26. The molecule has 0 spiro atoms. The van der Waals surface area contributed by atoms with Crippen LogP contribution in [0, 0.1) is 3.57 Å². The predicted octanol–water partition coefficient (Wildman–Crippen LogP) is 3.39. The van der Waals surface area contributed by atoms with Gasteiger partial charge in [0.1, 0.15) is 12.7 Å². The van der Waals surface area contributed by atoms with Gasteiger partial charge in [0.15, 0.2) is 11.5 Å². The van der Waals surface area contributed by atoms with E-state index < -0.39 is 0 Å². The number of para-hydroxylation sites is 3. The van der Waals surface area contributed by atoms with Crippen LogP contribution >= 0.6 is 22.6 Å². The second-order valence-electron chi connectivity index (χ2n) is 5.85. The number of anilines is 1. The van der Waals surface area contributed by atoms with Gasteiger partial charge in [-0.2, -0.15) is 0 Å². The molecule has 1 amide bonds. The van der Waals surface area contributed by atoms with Crippen molar-refractivity contribution in [2.24, 2.45) is 0 Å². The first kappa shape index (κ1) is 18.0. The summed E-state index contributed by atoms with van der Waals surface area (Å²) in [5, 5.41) is 2.97. The second kappa shape index (κ2) is 8.53. The quantitative estimate of drug-likeness (QED) is 0.683. The molecule has 1 atom stereocenters. The highest BCUT2D eigenvalue weighted by atomic mass is 127. The number of likely N-dealkylation sites (N-methyl/N-ethyl adjacent to an activating group) is 1. The summed E-state index contributed by atoms with van der Waals surface area (Å²) in [5.41, 5.74) is 0.843. The summed E-state index contributed by atoms with van der Waals surface area (Å²) < 4.78 is 12.8. The molecule has 0 radical (unpaired) electrons. The van der Waals surface area contributed by atoms with Crippen LogP contribution in [0.1, 0.15) is 6.92 Å². The minimum Gasteiger partial charge on any atom is -0.486 e. The van der Waals surface area contributed by atoms with Gasteiger partial charge < -0.3 is 14.8 Å². The van der Waals surface area contributed by atoms with Crippen LogP contribution in [-0.2, 0) is 4.79 Å². The molecule has 132 valence electrons. The summed E-state index contributed by atoms with van der Waals surface area (Å²) in [7, 11) is 0. The van der Waals surface area contributed by atoms with E-state index in [0.29, 0.717) is 19.7 Å². The average Bonchev–Trinajstić information content (AvgIpc) is 2.63. The topological polar surface area (TPSA) is 50.8 Å². The van der Waals surface area contributed by atoms with Gasteiger partial charge in [0.2, 0.25) is 5.91 Å². The Kier molecular flexibility index (Phi) is 6.14. The number of ether oxygens (including phenoxy) is 2. The van der Waals surface area contributed by atoms with Gasteiger partial charge in [-0.25, -0.2) is 0 Å². The van der Waals surface area contributed by atoms with Crippen LogP contribution in [0.25, 0.3) is 0 Å². The molecule has 2 aromatic rings. The Balaban J connectivity index is 1.54. The second-order valence-corrected chi connectivity index (χ2v) is 7.02. The van der Waals surface area contributed by atoms with Crippen molar-refractivity contribution in [1.29, 1.82) is 0 Å². The van der Waals surface area contributed by atoms with Crippen LogP contribution in [0.2, 0.25) is 0 Å². The Morgan fingerprint density at radius 2 is 1.92 bits per heavy atom. The van der Waals surface area contributed by atoms with Crippen molar-refractivity contribution in [2.45, 2.75) is 13.0 Å². The first-order valence-corrected chi connectivity index (χ1v) is 9.39. The highest BCUT2D eigenvalue weighted by Gasteiger charge is 2.23. The number of fused-ring (bicyclic) bond motifs is 1. The van der Waals surface area contributed by atoms with Crippen molar-refractivity contribution in [1.82, 2.24) is 4.90 Å². The fourth-order valence-corrected chi connectivity index (χ4v) is 3.22. The van der Waals surface area contributed by atoms with Gasteiger partial charge in [-0.05, 0) is 53.4 Å². The van der Waals surface area contributed by atoms with Gasteiger partial charge >= 0.3 is 0 Å². The maximum absolute atomic E-state index is 12.3. The van der Waals surface area contributed by atoms with E-state index >= 15 is 0 Å². The Bertz CT molecular complexity index is 738. The highest BCUT2D eigenvalue weighted by Crippen LogP contribution is 2.31. The first-order chi connectivity index (χ1) is 12.2. The molecule has 0 bridgehead atoms. The van der Waals surface area contributed by atoms with Crippen LogP contribution in [0.15, 0.2) is 48.5 Å². The number of rotatable bonds is 6. The fourth-order valence-electron chi connectivity index (χ4n) is 2.70. The number of nitrogens with zero attached hydrogens (tertiary/aromatic N) is 1. The van der Waals surface area contributed by atoms with Gasteiger partial charge in [-0.1, -0.05) is 31.2 Å². The molecule has 0 saturated carbocycles. The van der Waals surface area contributed by atoms with Crippen LogP contribution in [0.4, 0.5) is 5.69 Å². The van der Waals surface area contributed by atoms with Gasteiger partial charge in [0.05, 0.1) is 12.2 Å². The molecule has 3 rings (SSSR count). The van der Waals surface area contributed by atoms with Crippen molar-refractivity contribution >= 4 is 34.2 Å². The minimum atomic E-state index is -0.0838. The predicted molar refractivity (Wildman–Crippen MR) is 106 cm³/mol.